The van der Waals surface area contributed by atoms with Crippen LogP contribution in [0.1, 0.15) is 61.3 Å². The topological polar surface area (TPSA) is 72.2 Å². The summed E-state index contributed by atoms with van der Waals surface area (Å²) >= 11 is 1.52. The molecule has 2 rings (SSSR count). The number of nitrogens with one attached hydrogen (secondary N) is 1. The van der Waals surface area contributed by atoms with Crippen LogP contribution in [0, 0.1) is 11.3 Å². The van der Waals surface area contributed by atoms with Gasteiger partial charge in [-0.05, 0) is 36.2 Å². The third-order valence-electron chi connectivity index (χ3n) is 3.70. The molecule has 0 fully saturated rings. The highest BCUT2D eigenvalue weighted by Gasteiger charge is 2.27. The number of hydrogen-bond donors (Lipinski definition) is 2. The van der Waals surface area contributed by atoms with Crippen LogP contribution in [0.15, 0.2) is 0 Å². The van der Waals surface area contributed by atoms with E-state index in [4.69, 9.17) is 5.73 Å². The molecule has 116 valence electrons. The van der Waals surface area contributed by atoms with E-state index in [2.05, 4.69) is 12.2 Å². The van der Waals surface area contributed by atoms with Gasteiger partial charge in [0.15, 0.2) is 0 Å². The zero-order valence-corrected chi connectivity index (χ0v) is 14.0. The van der Waals surface area contributed by atoms with Crippen molar-refractivity contribution in [2.75, 3.05) is 5.32 Å². The molecular weight excluding hydrogens is 284 g/mol. The fraction of sp³-hybridized carbons (Fsp3) is 0.625. The highest BCUT2D eigenvalue weighted by molar-refractivity contribution is 7.17. The molecule has 0 saturated heterocycles. The van der Waals surface area contributed by atoms with Crippen molar-refractivity contribution in [3.8, 4) is 0 Å². The Morgan fingerprint density at radius 2 is 2.05 bits per heavy atom. The summed E-state index contributed by atoms with van der Waals surface area (Å²) in [6.45, 7) is 8.26. The summed E-state index contributed by atoms with van der Waals surface area (Å²) < 4.78 is 0. The Bertz CT molecular complexity index is 570. The lowest BCUT2D eigenvalue weighted by Gasteiger charge is -2.18. The molecule has 1 aliphatic rings. The fourth-order valence-electron chi connectivity index (χ4n) is 2.75. The van der Waals surface area contributed by atoms with E-state index >= 15 is 0 Å². The van der Waals surface area contributed by atoms with E-state index in [9.17, 15) is 9.59 Å². The standard InChI is InChI=1S/C16H24N2O2S/c1-9-5-6-10-11(7-9)21-15(13(10)14(17)20)18-12(19)8-16(2,3)4/h9H,5-8H2,1-4H3,(H2,17,20)(H,18,19). The smallest absolute Gasteiger partial charge is 0.251 e. The molecule has 1 aromatic heterocycles. The number of fused-ring (bicyclic) bond motifs is 1. The normalized spacial score (nSPS) is 18.2. The lowest BCUT2D eigenvalue weighted by Crippen LogP contribution is -2.22. The molecule has 3 N–H and O–H groups in total. The molecule has 5 heteroatoms. The molecule has 0 radical (unpaired) electrons. The van der Waals surface area contributed by atoms with Crippen molar-refractivity contribution >= 4 is 28.2 Å². The molecule has 1 heterocycles. The number of primary amides is 1. The Kier molecular flexibility index (Phi) is 4.42. The van der Waals surface area contributed by atoms with Crippen LogP contribution in [0.2, 0.25) is 0 Å². The van der Waals surface area contributed by atoms with E-state index in [1.807, 2.05) is 20.8 Å². The third kappa shape index (κ3) is 3.84. The quantitative estimate of drug-likeness (QED) is 0.899. The van der Waals surface area contributed by atoms with Crippen LogP contribution in [0.25, 0.3) is 0 Å². The Morgan fingerprint density at radius 3 is 2.62 bits per heavy atom. The minimum atomic E-state index is -0.437. The Hall–Kier alpha value is -1.36. The second-order valence-electron chi connectivity index (χ2n) is 7.21. The largest absolute Gasteiger partial charge is 0.365 e. The van der Waals surface area contributed by atoms with Crippen LogP contribution in [-0.4, -0.2) is 11.8 Å². The van der Waals surface area contributed by atoms with Gasteiger partial charge in [0, 0.05) is 11.3 Å². The average molecular weight is 308 g/mol. The summed E-state index contributed by atoms with van der Waals surface area (Å²) in [6.07, 6.45) is 3.33. The zero-order chi connectivity index (χ0) is 15.8. The maximum absolute atomic E-state index is 12.1. The molecule has 21 heavy (non-hydrogen) atoms. The van der Waals surface area contributed by atoms with Gasteiger partial charge < -0.3 is 11.1 Å². The van der Waals surface area contributed by atoms with Gasteiger partial charge in [-0.1, -0.05) is 27.7 Å². The maximum atomic E-state index is 12.1. The van der Waals surface area contributed by atoms with E-state index in [1.54, 1.807) is 0 Å². The van der Waals surface area contributed by atoms with Gasteiger partial charge in [0.2, 0.25) is 5.91 Å². The summed E-state index contributed by atoms with van der Waals surface area (Å²) in [5.41, 5.74) is 7.04. The maximum Gasteiger partial charge on any atom is 0.251 e. The van der Waals surface area contributed by atoms with Crippen LogP contribution >= 0.6 is 11.3 Å². The third-order valence-corrected chi connectivity index (χ3v) is 4.87. The van der Waals surface area contributed by atoms with Crippen molar-refractivity contribution in [2.45, 2.75) is 53.4 Å². The highest BCUT2D eigenvalue weighted by atomic mass is 32.1. The van der Waals surface area contributed by atoms with Gasteiger partial charge in [-0.2, -0.15) is 0 Å². The number of anilines is 1. The number of rotatable bonds is 3. The van der Waals surface area contributed by atoms with E-state index in [-0.39, 0.29) is 11.3 Å². The van der Waals surface area contributed by atoms with E-state index in [0.717, 1.165) is 24.8 Å². The van der Waals surface area contributed by atoms with Crippen LogP contribution in [0.4, 0.5) is 5.00 Å². The summed E-state index contributed by atoms with van der Waals surface area (Å²) in [6, 6.07) is 0. The molecule has 1 unspecified atom stereocenters. The number of hydrogen-bond acceptors (Lipinski definition) is 3. The summed E-state index contributed by atoms with van der Waals surface area (Å²) in [4.78, 5) is 25.1. The Morgan fingerprint density at radius 1 is 1.38 bits per heavy atom. The van der Waals surface area contributed by atoms with Crippen LogP contribution < -0.4 is 11.1 Å². The Balaban J connectivity index is 2.27. The minimum absolute atomic E-state index is 0.0587. The number of amides is 2. The molecule has 0 bridgehead atoms. The predicted molar refractivity (Wildman–Crippen MR) is 86.7 cm³/mol. The molecule has 0 spiro atoms. The van der Waals surface area contributed by atoms with Crippen molar-refractivity contribution in [3.05, 3.63) is 16.0 Å². The molecule has 2 amide bonds. The SMILES string of the molecule is CC1CCc2c(sc(NC(=O)CC(C)(C)C)c2C(N)=O)C1. The van der Waals surface area contributed by atoms with E-state index in [0.29, 0.717) is 22.9 Å². The van der Waals surface area contributed by atoms with E-state index < -0.39 is 5.91 Å². The number of nitrogens with two attached hydrogens (primary N) is 1. The average Bonchev–Trinajstić information content (AvgIpc) is 2.62. The molecule has 0 aromatic carbocycles. The molecule has 0 saturated carbocycles. The van der Waals surface area contributed by atoms with Gasteiger partial charge in [0.1, 0.15) is 5.00 Å². The van der Waals surface area contributed by atoms with Crippen LogP contribution in [-0.2, 0) is 17.6 Å². The highest BCUT2D eigenvalue weighted by Crippen LogP contribution is 2.39. The second-order valence-corrected chi connectivity index (χ2v) is 8.31. The van der Waals surface area contributed by atoms with Crippen molar-refractivity contribution in [3.63, 3.8) is 0 Å². The molecule has 4 nitrogen and oxygen atoms in total. The van der Waals surface area contributed by atoms with Crippen LogP contribution in [0.3, 0.4) is 0 Å². The van der Waals surface area contributed by atoms with E-state index in [1.165, 1.54) is 16.2 Å². The van der Waals surface area contributed by atoms with Gasteiger partial charge in [-0.25, -0.2) is 0 Å². The summed E-state index contributed by atoms with van der Waals surface area (Å²) in [7, 11) is 0. The number of carbonyl (C=O) groups is 2. The van der Waals surface area contributed by atoms with Gasteiger partial charge in [0.25, 0.3) is 5.91 Å². The zero-order valence-electron chi connectivity index (χ0n) is 13.2. The lowest BCUT2D eigenvalue weighted by atomic mass is 9.88. The summed E-state index contributed by atoms with van der Waals surface area (Å²) in [5, 5.41) is 3.53. The lowest BCUT2D eigenvalue weighted by molar-refractivity contribution is -0.117. The second kappa shape index (κ2) is 5.79. The monoisotopic (exact) mass is 308 g/mol. The molecule has 1 aliphatic carbocycles. The van der Waals surface area contributed by atoms with Crippen molar-refractivity contribution in [1.29, 1.82) is 0 Å². The fourth-order valence-corrected chi connectivity index (χ4v) is 4.18. The molecule has 1 aromatic rings. The van der Waals surface area contributed by atoms with Crippen molar-refractivity contribution < 1.29 is 9.59 Å². The van der Waals surface area contributed by atoms with Gasteiger partial charge in [0.05, 0.1) is 5.56 Å². The van der Waals surface area contributed by atoms with Crippen molar-refractivity contribution in [2.24, 2.45) is 17.1 Å². The molecule has 1 atom stereocenters. The van der Waals surface area contributed by atoms with Gasteiger partial charge >= 0.3 is 0 Å². The first-order valence-corrected chi connectivity index (χ1v) is 8.23. The first-order valence-electron chi connectivity index (χ1n) is 7.41. The molecular formula is C16H24N2O2S. The van der Waals surface area contributed by atoms with Gasteiger partial charge in [-0.15, -0.1) is 11.3 Å². The minimum Gasteiger partial charge on any atom is -0.365 e. The van der Waals surface area contributed by atoms with Crippen LogP contribution in [0.5, 0.6) is 0 Å². The number of thiophene rings is 1. The molecule has 0 aliphatic heterocycles. The predicted octanol–water partition coefficient (Wildman–Crippen LogP) is 3.35. The summed E-state index contributed by atoms with van der Waals surface area (Å²) in [5.74, 6) is 0.125. The first kappa shape index (κ1) is 16.0. The first-order chi connectivity index (χ1) is 9.67. The van der Waals surface area contributed by atoms with Gasteiger partial charge in [-0.3, -0.25) is 9.59 Å². The van der Waals surface area contributed by atoms with Crippen molar-refractivity contribution in [1.82, 2.24) is 0 Å². The Labute approximate surface area is 130 Å². The number of carbonyl (C=O) groups excluding carboxylic acids is 2.